The van der Waals surface area contributed by atoms with Gasteiger partial charge in [0, 0.05) is 30.7 Å². The van der Waals surface area contributed by atoms with Crippen molar-refractivity contribution in [2.24, 2.45) is 22.4 Å². The van der Waals surface area contributed by atoms with Crippen molar-refractivity contribution in [1.29, 1.82) is 0 Å². The summed E-state index contributed by atoms with van der Waals surface area (Å²) >= 11 is 5.83. The Hall–Kier alpha value is -2.94. The van der Waals surface area contributed by atoms with E-state index in [1.165, 1.54) is 29.5 Å². The summed E-state index contributed by atoms with van der Waals surface area (Å²) in [7, 11) is 0. The largest absolute Gasteiger partial charge is 0.310 e. The average Bonchev–Trinajstić information content (AvgIpc) is 3.40. The molecule has 6 rings (SSSR count). The van der Waals surface area contributed by atoms with Crippen LogP contribution in [0.15, 0.2) is 35.7 Å². The molecule has 2 atom stereocenters. The SMILES string of the molecule is O=C(Nc1cc(Cl)ncn1)C1CC2(C(=O)N3N=CCC3c3cc(F)cc(F)c3)CC1C2. The van der Waals surface area contributed by atoms with Gasteiger partial charge in [-0.15, -0.1) is 0 Å². The molecule has 1 aromatic carbocycles. The highest BCUT2D eigenvalue weighted by Crippen LogP contribution is 2.63. The van der Waals surface area contributed by atoms with Gasteiger partial charge in [-0.3, -0.25) is 9.59 Å². The summed E-state index contributed by atoms with van der Waals surface area (Å²) in [4.78, 5) is 33.9. The first-order valence-electron chi connectivity index (χ1n) is 9.95. The van der Waals surface area contributed by atoms with E-state index in [2.05, 4.69) is 20.4 Å². The molecule has 1 aromatic heterocycles. The quantitative estimate of drug-likeness (QED) is 0.726. The van der Waals surface area contributed by atoms with Gasteiger partial charge < -0.3 is 5.32 Å². The van der Waals surface area contributed by atoms with Crippen LogP contribution in [0.3, 0.4) is 0 Å². The Morgan fingerprint density at radius 3 is 2.55 bits per heavy atom. The van der Waals surface area contributed by atoms with Crippen LogP contribution in [0.4, 0.5) is 14.6 Å². The van der Waals surface area contributed by atoms with E-state index in [1.807, 2.05) is 0 Å². The lowest BCUT2D eigenvalue weighted by Crippen LogP contribution is -2.45. The van der Waals surface area contributed by atoms with Crippen molar-refractivity contribution in [2.75, 3.05) is 5.32 Å². The molecular weight excluding hydrogens is 428 g/mol. The minimum Gasteiger partial charge on any atom is -0.310 e. The van der Waals surface area contributed by atoms with Gasteiger partial charge in [0.15, 0.2) is 0 Å². The van der Waals surface area contributed by atoms with Crippen LogP contribution in [0, 0.1) is 28.9 Å². The van der Waals surface area contributed by atoms with Crippen LogP contribution in [0.25, 0.3) is 0 Å². The number of halogens is 3. The van der Waals surface area contributed by atoms with Gasteiger partial charge in [-0.05, 0) is 42.9 Å². The monoisotopic (exact) mass is 445 g/mol. The number of carbonyl (C=O) groups is 2. The van der Waals surface area contributed by atoms with Crippen molar-refractivity contribution >= 4 is 35.4 Å². The highest BCUT2D eigenvalue weighted by molar-refractivity contribution is 6.29. The van der Waals surface area contributed by atoms with Crippen LogP contribution in [0.1, 0.15) is 37.3 Å². The maximum Gasteiger partial charge on any atom is 0.249 e. The van der Waals surface area contributed by atoms with Crippen LogP contribution in [-0.4, -0.2) is 33.0 Å². The van der Waals surface area contributed by atoms with E-state index >= 15 is 0 Å². The molecule has 2 unspecified atom stereocenters. The molecule has 0 saturated heterocycles. The number of amides is 2. The number of hydrazone groups is 1. The second kappa shape index (κ2) is 7.33. The van der Waals surface area contributed by atoms with Crippen LogP contribution in [0.2, 0.25) is 5.15 Å². The van der Waals surface area contributed by atoms with Gasteiger partial charge in [-0.1, -0.05) is 11.6 Å². The highest BCUT2D eigenvalue weighted by atomic mass is 35.5. The van der Waals surface area contributed by atoms with Crippen molar-refractivity contribution < 1.29 is 18.4 Å². The van der Waals surface area contributed by atoms with E-state index in [0.29, 0.717) is 37.1 Å². The molecule has 160 valence electrons. The summed E-state index contributed by atoms with van der Waals surface area (Å²) in [6.45, 7) is 0. The number of fused-ring (bicyclic) bond motifs is 1. The summed E-state index contributed by atoms with van der Waals surface area (Å²) in [5.41, 5.74) is -0.314. The minimum atomic E-state index is -0.696. The standard InChI is InChI=1S/C21H18ClF2N5O2/c22-17-6-18(26-10-25-17)28-19(30)15-9-21(7-12(15)8-21)20(31)29-16(1-2-27-29)11-3-13(23)5-14(24)4-11/h2-6,10,12,15-16H,1,7-9H2,(H,25,26,28,30). The molecule has 1 N–H and O–H groups in total. The number of benzene rings is 1. The van der Waals surface area contributed by atoms with E-state index in [-0.39, 0.29) is 28.8 Å². The topological polar surface area (TPSA) is 87.5 Å². The zero-order valence-electron chi connectivity index (χ0n) is 16.3. The fraction of sp³-hybridized carbons (Fsp3) is 0.381. The molecule has 4 aliphatic rings. The molecule has 7 nitrogen and oxygen atoms in total. The zero-order valence-corrected chi connectivity index (χ0v) is 17.0. The van der Waals surface area contributed by atoms with Crippen LogP contribution in [0.5, 0.6) is 0 Å². The average molecular weight is 446 g/mol. The molecule has 1 aliphatic heterocycles. The molecule has 3 aliphatic carbocycles. The third-order valence-corrected chi connectivity index (χ3v) is 6.68. The number of nitrogens with one attached hydrogen (secondary N) is 1. The molecule has 3 fully saturated rings. The molecule has 10 heteroatoms. The Bertz CT molecular complexity index is 1080. The number of carbonyl (C=O) groups excluding carboxylic acids is 2. The number of nitrogens with zero attached hydrogens (tertiary/aromatic N) is 4. The molecule has 2 aromatic rings. The molecule has 0 spiro atoms. The summed E-state index contributed by atoms with van der Waals surface area (Å²) < 4.78 is 27.4. The Morgan fingerprint density at radius 1 is 1.10 bits per heavy atom. The summed E-state index contributed by atoms with van der Waals surface area (Å²) in [6.07, 6.45) is 4.80. The van der Waals surface area contributed by atoms with Gasteiger partial charge in [0.05, 0.1) is 11.5 Å². The lowest BCUT2D eigenvalue weighted by Gasteiger charge is -2.40. The van der Waals surface area contributed by atoms with Gasteiger partial charge in [0.2, 0.25) is 11.8 Å². The van der Waals surface area contributed by atoms with Gasteiger partial charge in [-0.25, -0.2) is 23.8 Å². The van der Waals surface area contributed by atoms with Gasteiger partial charge in [0.25, 0.3) is 0 Å². The Kier molecular flexibility index (Phi) is 4.73. The smallest absolute Gasteiger partial charge is 0.249 e. The number of rotatable bonds is 4. The van der Waals surface area contributed by atoms with Gasteiger partial charge in [0.1, 0.15) is 28.9 Å². The molecule has 31 heavy (non-hydrogen) atoms. The van der Waals surface area contributed by atoms with Crippen molar-refractivity contribution in [3.05, 3.63) is 52.9 Å². The second-order valence-corrected chi connectivity index (χ2v) is 8.76. The number of hydrogen-bond acceptors (Lipinski definition) is 5. The number of aromatic nitrogens is 2. The fourth-order valence-electron chi connectivity index (χ4n) is 5.07. The first-order chi connectivity index (χ1) is 14.8. The van der Waals surface area contributed by atoms with Crippen LogP contribution < -0.4 is 5.32 Å². The van der Waals surface area contributed by atoms with Crippen LogP contribution in [-0.2, 0) is 9.59 Å². The molecule has 0 radical (unpaired) electrons. The van der Waals surface area contributed by atoms with Gasteiger partial charge in [-0.2, -0.15) is 5.10 Å². The molecule has 2 bridgehead atoms. The maximum absolute atomic E-state index is 13.7. The summed E-state index contributed by atoms with van der Waals surface area (Å²) in [5, 5.41) is 8.49. The maximum atomic E-state index is 13.7. The fourth-order valence-corrected chi connectivity index (χ4v) is 5.22. The molecule has 2 heterocycles. The Labute approximate surface area is 181 Å². The highest BCUT2D eigenvalue weighted by Gasteiger charge is 2.63. The normalized spacial score (nSPS) is 28.5. The van der Waals surface area contributed by atoms with Crippen molar-refractivity contribution in [3.63, 3.8) is 0 Å². The van der Waals surface area contributed by atoms with Crippen LogP contribution >= 0.6 is 11.6 Å². The van der Waals surface area contributed by atoms with E-state index in [1.54, 1.807) is 6.21 Å². The molecule has 3 saturated carbocycles. The van der Waals surface area contributed by atoms with Crippen molar-refractivity contribution in [1.82, 2.24) is 15.0 Å². The van der Waals surface area contributed by atoms with E-state index in [4.69, 9.17) is 11.6 Å². The summed E-state index contributed by atoms with van der Waals surface area (Å²) in [5.74, 6) is -1.72. The molecular formula is C21H18ClF2N5O2. The minimum absolute atomic E-state index is 0.0953. The number of hydrogen-bond donors (Lipinski definition) is 1. The third kappa shape index (κ3) is 3.46. The predicted octanol–water partition coefficient (Wildman–Crippen LogP) is 3.72. The van der Waals surface area contributed by atoms with E-state index in [9.17, 15) is 18.4 Å². The Morgan fingerprint density at radius 2 is 1.84 bits per heavy atom. The third-order valence-electron chi connectivity index (χ3n) is 6.47. The van der Waals surface area contributed by atoms with Gasteiger partial charge >= 0.3 is 0 Å². The van der Waals surface area contributed by atoms with Crippen molar-refractivity contribution in [3.8, 4) is 0 Å². The number of anilines is 1. The zero-order chi connectivity index (χ0) is 21.8. The first-order valence-corrected chi connectivity index (χ1v) is 10.3. The first kappa shape index (κ1) is 20.0. The predicted molar refractivity (Wildman–Crippen MR) is 108 cm³/mol. The van der Waals surface area contributed by atoms with E-state index in [0.717, 1.165) is 6.07 Å². The van der Waals surface area contributed by atoms with Crippen molar-refractivity contribution in [2.45, 2.75) is 31.7 Å². The summed E-state index contributed by atoms with van der Waals surface area (Å²) in [6, 6.07) is 4.15. The Balaban J connectivity index is 1.30. The molecule has 2 amide bonds. The van der Waals surface area contributed by atoms with E-state index < -0.39 is 23.1 Å². The lowest BCUT2D eigenvalue weighted by molar-refractivity contribution is -0.148. The lowest BCUT2D eigenvalue weighted by atomic mass is 9.68. The second-order valence-electron chi connectivity index (χ2n) is 8.38.